The van der Waals surface area contributed by atoms with E-state index in [1.54, 1.807) is 11.8 Å². The van der Waals surface area contributed by atoms with Crippen molar-refractivity contribution in [3.63, 3.8) is 0 Å². The Kier molecular flexibility index (Phi) is 5.19. The summed E-state index contributed by atoms with van der Waals surface area (Å²) in [6.07, 6.45) is 3.49. The van der Waals surface area contributed by atoms with E-state index in [1.807, 2.05) is 37.4 Å². The molecule has 1 rings (SSSR count). The second-order valence-corrected chi connectivity index (χ2v) is 4.44. The van der Waals surface area contributed by atoms with Crippen molar-refractivity contribution in [3.8, 4) is 0 Å². The maximum atomic E-state index is 11.0. The number of benzene rings is 1. The molecule has 0 amide bonds. The van der Waals surface area contributed by atoms with Crippen LogP contribution in [0, 0.1) is 0 Å². The zero-order valence-electron chi connectivity index (χ0n) is 9.56. The predicted molar refractivity (Wildman–Crippen MR) is 68.2 cm³/mol. The van der Waals surface area contributed by atoms with Gasteiger partial charge in [0.15, 0.2) is 0 Å². The molecule has 2 N–H and O–H groups in total. The molecule has 0 heterocycles. The Balaban J connectivity index is 2.72. The molecule has 0 fully saturated rings. The fourth-order valence-corrected chi connectivity index (χ4v) is 1.92. The maximum Gasteiger partial charge on any atom is 0.326 e. The molecule has 1 atom stereocenters. The largest absolute Gasteiger partial charge is 0.480 e. The summed E-state index contributed by atoms with van der Waals surface area (Å²) in [5, 5.41) is 12.1. The lowest BCUT2D eigenvalue weighted by Gasteiger charge is -2.15. The van der Waals surface area contributed by atoms with Gasteiger partial charge in [0.25, 0.3) is 0 Å². The highest BCUT2D eigenvalue weighted by atomic mass is 32.2. The third kappa shape index (κ3) is 3.77. The van der Waals surface area contributed by atoms with Crippen molar-refractivity contribution >= 4 is 23.4 Å². The number of hydrogen-bond acceptors (Lipinski definition) is 3. The number of hydrogen-bond donors (Lipinski definition) is 2. The molecule has 0 saturated heterocycles. The van der Waals surface area contributed by atoms with Gasteiger partial charge in [-0.3, -0.25) is 0 Å². The van der Waals surface area contributed by atoms with E-state index in [-0.39, 0.29) is 0 Å². The van der Waals surface area contributed by atoms with Crippen molar-refractivity contribution in [2.45, 2.75) is 30.7 Å². The van der Waals surface area contributed by atoms with Crippen LogP contribution in [0.4, 0.5) is 5.69 Å². The highest BCUT2D eigenvalue weighted by Crippen LogP contribution is 2.20. The van der Waals surface area contributed by atoms with Crippen LogP contribution in [0.3, 0.4) is 0 Å². The smallest absolute Gasteiger partial charge is 0.326 e. The van der Waals surface area contributed by atoms with E-state index in [0.29, 0.717) is 6.42 Å². The van der Waals surface area contributed by atoms with Crippen LogP contribution in [-0.2, 0) is 4.79 Å². The zero-order valence-corrected chi connectivity index (χ0v) is 10.4. The van der Waals surface area contributed by atoms with Crippen molar-refractivity contribution in [3.05, 3.63) is 24.3 Å². The quantitative estimate of drug-likeness (QED) is 0.749. The van der Waals surface area contributed by atoms with E-state index in [2.05, 4.69) is 5.32 Å². The minimum Gasteiger partial charge on any atom is -0.480 e. The number of carbonyl (C=O) groups is 1. The van der Waals surface area contributed by atoms with Gasteiger partial charge in [-0.25, -0.2) is 4.79 Å². The molecule has 1 aromatic carbocycles. The van der Waals surface area contributed by atoms with E-state index in [4.69, 9.17) is 5.11 Å². The van der Waals surface area contributed by atoms with Crippen LogP contribution >= 0.6 is 11.8 Å². The van der Waals surface area contributed by atoms with Gasteiger partial charge in [0.1, 0.15) is 6.04 Å². The highest BCUT2D eigenvalue weighted by molar-refractivity contribution is 7.98. The van der Waals surface area contributed by atoms with Crippen LogP contribution in [0.15, 0.2) is 29.2 Å². The lowest BCUT2D eigenvalue weighted by molar-refractivity contribution is -0.138. The molecule has 0 aliphatic heterocycles. The summed E-state index contributed by atoms with van der Waals surface area (Å²) in [5.41, 5.74) is 0.868. The molecule has 88 valence electrons. The van der Waals surface area contributed by atoms with Crippen molar-refractivity contribution in [1.82, 2.24) is 0 Å². The summed E-state index contributed by atoms with van der Waals surface area (Å²) >= 11 is 1.64. The third-order valence-corrected chi connectivity index (χ3v) is 3.01. The molecule has 1 unspecified atom stereocenters. The minimum absolute atomic E-state index is 0.498. The van der Waals surface area contributed by atoms with Gasteiger partial charge in [-0.05, 0) is 30.9 Å². The molecule has 0 aliphatic carbocycles. The first-order valence-electron chi connectivity index (χ1n) is 5.30. The van der Waals surface area contributed by atoms with Crippen LogP contribution in [0.25, 0.3) is 0 Å². The summed E-state index contributed by atoms with van der Waals surface area (Å²) < 4.78 is 0. The van der Waals surface area contributed by atoms with Crippen molar-refractivity contribution in [2.75, 3.05) is 11.6 Å². The first kappa shape index (κ1) is 12.9. The molecular weight excluding hydrogens is 222 g/mol. The summed E-state index contributed by atoms with van der Waals surface area (Å²) in [5.74, 6) is -0.795. The van der Waals surface area contributed by atoms with Gasteiger partial charge in [0.2, 0.25) is 0 Å². The first-order chi connectivity index (χ1) is 7.67. The average Bonchev–Trinajstić information content (AvgIpc) is 2.28. The normalized spacial score (nSPS) is 12.1. The van der Waals surface area contributed by atoms with E-state index >= 15 is 0 Å². The molecule has 0 aliphatic rings. The fraction of sp³-hybridized carbons (Fsp3) is 0.417. The van der Waals surface area contributed by atoms with Gasteiger partial charge in [-0.2, -0.15) is 0 Å². The molecule has 0 bridgehead atoms. The van der Waals surface area contributed by atoms with Crippen molar-refractivity contribution in [1.29, 1.82) is 0 Å². The topological polar surface area (TPSA) is 49.3 Å². The second kappa shape index (κ2) is 6.43. The average molecular weight is 239 g/mol. The molecular formula is C12H17NO2S. The molecule has 4 heteroatoms. The number of thioether (sulfide) groups is 1. The van der Waals surface area contributed by atoms with E-state index in [0.717, 1.165) is 17.0 Å². The highest BCUT2D eigenvalue weighted by Gasteiger charge is 2.15. The van der Waals surface area contributed by atoms with Gasteiger partial charge in [0, 0.05) is 10.6 Å². The minimum atomic E-state index is -0.795. The molecule has 0 radical (unpaired) electrons. The molecule has 0 aromatic heterocycles. The number of carboxylic acid groups (broad SMARTS) is 1. The van der Waals surface area contributed by atoms with E-state index in [1.165, 1.54) is 0 Å². The van der Waals surface area contributed by atoms with Gasteiger partial charge in [0.05, 0.1) is 0 Å². The Morgan fingerprint density at radius 2 is 2.31 bits per heavy atom. The molecule has 16 heavy (non-hydrogen) atoms. The number of nitrogens with one attached hydrogen (secondary N) is 1. The van der Waals surface area contributed by atoms with Crippen LogP contribution in [0.2, 0.25) is 0 Å². The molecule has 1 aromatic rings. The van der Waals surface area contributed by atoms with Crippen LogP contribution in [0.5, 0.6) is 0 Å². The van der Waals surface area contributed by atoms with Crippen LogP contribution < -0.4 is 5.32 Å². The van der Waals surface area contributed by atoms with Gasteiger partial charge in [-0.1, -0.05) is 19.4 Å². The predicted octanol–water partition coefficient (Wildman–Crippen LogP) is 3.07. The first-order valence-corrected chi connectivity index (χ1v) is 6.53. The Morgan fingerprint density at radius 3 is 2.88 bits per heavy atom. The SMILES string of the molecule is CCCC(Nc1cccc(SC)c1)C(=O)O. The van der Waals surface area contributed by atoms with Crippen molar-refractivity contribution in [2.24, 2.45) is 0 Å². The van der Waals surface area contributed by atoms with Gasteiger partial charge < -0.3 is 10.4 Å². The maximum absolute atomic E-state index is 11.0. The number of aliphatic carboxylic acids is 1. The molecule has 0 spiro atoms. The van der Waals surface area contributed by atoms with Gasteiger partial charge in [-0.15, -0.1) is 11.8 Å². The Labute approximate surface area is 100 Å². The van der Waals surface area contributed by atoms with Gasteiger partial charge >= 0.3 is 5.97 Å². The Bertz CT molecular complexity index is 355. The Hall–Kier alpha value is -1.16. The zero-order chi connectivity index (χ0) is 12.0. The molecule has 3 nitrogen and oxygen atoms in total. The second-order valence-electron chi connectivity index (χ2n) is 3.56. The fourth-order valence-electron chi connectivity index (χ4n) is 1.46. The third-order valence-electron chi connectivity index (χ3n) is 2.29. The molecule has 0 saturated carbocycles. The summed E-state index contributed by atoms with van der Waals surface area (Å²) in [4.78, 5) is 12.1. The Morgan fingerprint density at radius 1 is 1.56 bits per heavy atom. The van der Waals surface area contributed by atoms with Crippen LogP contribution in [0.1, 0.15) is 19.8 Å². The standard InChI is InChI=1S/C12H17NO2S/c1-3-5-11(12(14)15)13-9-6-4-7-10(8-9)16-2/h4,6-8,11,13H,3,5H2,1-2H3,(H,14,15). The summed E-state index contributed by atoms with van der Waals surface area (Å²) in [7, 11) is 0. The summed E-state index contributed by atoms with van der Waals surface area (Å²) in [6, 6.07) is 7.30. The van der Waals surface area contributed by atoms with Crippen molar-refractivity contribution < 1.29 is 9.90 Å². The number of anilines is 1. The number of rotatable bonds is 6. The van der Waals surface area contributed by atoms with E-state index in [9.17, 15) is 4.79 Å². The lowest BCUT2D eigenvalue weighted by atomic mass is 10.1. The lowest BCUT2D eigenvalue weighted by Crippen LogP contribution is -2.28. The van der Waals surface area contributed by atoms with Crippen LogP contribution in [-0.4, -0.2) is 23.4 Å². The van der Waals surface area contributed by atoms with E-state index < -0.39 is 12.0 Å². The number of carboxylic acids is 1. The summed E-state index contributed by atoms with van der Waals surface area (Å²) in [6.45, 7) is 1.98. The monoisotopic (exact) mass is 239 g/mol.